The average Bonchev–Trinajstić information content (AvgIpc) is 3.20. The minimum Gasteiger partial charge on any atom is -0.326 e. The minimum absolute atomic E-state index is 0.0576. The van der Waals surface area contributed by atoms with Gasteiger partial charge in [0.25, 0.3) is 0 Å². The summed E-state index contributed by atoms with van der Waals surface area (Å²) in [5.41, 5.74) is 4.31. The molecule has 1 amide bonds. The number of carbonyl (C=O) groups is 1. The van der Waals surface area contributed by atoms with Gasteiger partial charge in [0, 0.05) is 24.7 Å². The number of amides is 1. The van der Waals surface area contributed by atoms with Crippen molar-refractivity contribution >= 4 is 11.6 Å². The molecule has 2 N–H and O–H groups in total. The zero-order chi connectivity index (χ0) is 17.8. The Morgan fingerprint density at radius 3 is 2.27 bits per heavy atom. The van der Waals surface area contributed by atoms with Gasteiger partial charge in [0.05, 0.1) is 5.92 Å². The van der Waals surface area contributed by atoms with Crippen molar-refractivity contribution in [1.82, 2.24) is 5.32 Å². The van der Waals surface area contributed by atoms with E-state index in [4.69, 9.17) is 0 Å². The van der Waals surface area contributed by atoms with Crippen molar-refractivity contribution in [1.29, 1.82) is 0 Å². The van der Waals surface area contributed by atoms with Crippen LogP contribution in [0.4, 0.5) is 5.69 Å². The third-order valence-corrected chi connectivity index (χ3v) is 5.02. The number of benzene rings is 3. The Morgan fingerprint density at radius 2 is 1.50 bits per heavy atom. The summed E-state index contributed by atoms with van der Waals surface area (Å²) in [6.45, 7) is 1.55. The molecule has 1 aliphatic heterocycles. The smallest absolute Gasteiger partial charge is 0.229 e. The van der Waals surface area contributed by atoms with Gasteiger partial charge in [0.2, 0.25) is 5.91 Å². The molecular weight excluding hydrogens is 320 g/mol. The second kappa shape index (κ2) is 7.54. The molecule has 3 heteroatoms. The van der Waals surface area contributed by atoms with E-state index in [1.165, 1.54) is 5.56 Å². The molecule has 3 nitrogen and oxygen atoms in total. The Hall–Kier alpha value is -2.91. The molecule has 2 atom stereocenters. The quantitative estimate of drug-likeness (QED) is 0.742. The lowest BCUT2D eigenvalue weighted by molar-refractivity contribution is -0.119. The van der Waals surface area contributed by atoms with Gasteiger partial charge in [0.1, 0.15) is 0 Å². The summed E-state index contributed by atoms with van der Waals surface area (Å²) in [5.74, 6) is 0.236. The number of nitrogens with one attached hydrogen (secondary N) is 2. The average molecular weight is 342 g/mol. The summed E-state index contributed by atoms with van der Waals surface area (Å²) in [7, 11) is 0. The highest BCUT2D eigenvalue weighted by Gasteiger charge is 2.33. The monoisotopic (exact) mass is 342 g/mol. The molecule has 3 aromatic carbocycles. The maximum Gasteiger partial charge on any atom is 0.229 e. The zero-order valence-electron chi connectivity index (χ0n) is 14.6. The maximum atomic E-state index is 12.9. The molecule has 1 heterocycles. The predicted molar refractivity (Wildman–Crippen MR) is 106 cm³/mol. The van der Waals surface area contributed by atoms with Crippen LogP contribution in [0.2, 0.25) is 0 Å². The van der Waals surface area contributed by atoms with Gasteiger partial charge in [-0.3, -0.25) is 4.79 Å². The zero-order valence-corrected chi connectivity index (χ0v) is 14.6. The summed E-state index contributed by atoms with van der Waals surface area (Å²) >= 11 is 0. The third-order valence-electron chi connectivity index (χ3n) is 5.02. The second-order valence-corrected chi connectivity index (χ2v) is 6.72. The lowest BCUT2D eigenvalue weighted by Gasteiger charge is -2.19. The number of rotatable bonds is 4. The summed E-state index contributed by atoms with van der Waals surface area (Å²) in [6.07, 6.45) is 0. The first-order chi connectivity index (χ1) is 12.8. The molecule has 3 aromatic rings. The highest BCUT2D eigenvalue weighted by Crippen LogP contribution is 2.29. The minimum atomic E-state index is -0.0576. The van der Waals surface area contributed by atoms with E-state index < -0.39 is 0 Å². The molecule has 0 spiro atoms. The number of anilines is 1. The number of carbonyl (C=O) groups excluding carboxylic acids is 1. The van der Waals surface area contributed by atoms with Crippen LogP contribution in [0.25, 0.3) is 11.1 Å². The third kappa shape index (κ3) is 3.53. The maximum absolute atomic E-state index is 12.9. The first-order valence-electron chi connectivity index (χ1n) is 9.03. The first-order valence-corrected chi connectivity index (χ1v) is 9.03. The molecule has 1 fully saturated rings. The van der Waals surface area contributed by atoms with Crippen LogP contribution < -0.4 is 10.6 Å². The van der Waals surface area contributed by atoms with Crippen LogP contribution >= 0.6 is 0 Å². The van der Waals surface area contributed by atoms with Crippen LogP contribution in [0.5, 0.6) is 0 Å². The van der Waals surface area contributed by atoms with Crippen LogP contribution in [0.15, 0.2) is 84.9 Å². The van der Waals surface area contributed by atoms with Gasteiger partial charge in [-0.05, 0) is 28.8 Å². The summed E-state index contributed by atoms with van der Waals surface area (Å²) in [6, 6.07) is 28.5. The SMILES string of the molecule is O=C(Nc1cccc(-c2ccccc2)c1)[C@H]1CNC[C@@H]1c1ccccc1. The van der Waals surface area contributed by atoms with Crippen LogP contribution in [-0.2, 0) is 4.79 Å². The first kappa shape index (κ1) is 16.6. The van der Waals surface area contributed by atoms with Crippen molar-refractivity contribution < 1.29 is 4.79 Å². The summed E-state index contributed by atoms with van der Waals surface area (Å²) in [4.78, 5) is 12.9. The molecule has 26 heavy (non-hydrogen) atoms. The topological polar surface area (TPSA) is 41.1 Å². The van der Waals surface area contributed by atoms with E-state index >= 15 is 0 Å². The standard InChI is InChI=1S/C23H22N2O/c26-23(22-16-24-15-21(22)18-10-5-2-6-11-18)25-20-13-7-12-19(14-20)17-8-3-1-4-9-17/h1-14,21-22,24H,15-16H2,(H,25,26)/t21-,22+/m1/s1. The van der Waals surface area contributed by atoms with Crippen LogP contribution in [0.3, 0.4) is 0 Å². The molecule has 0 unspecified atom stereocenters. The van der Waals surface area contributed by atoms with Gasteiger partial charge in [-0.2, -0.15) is 0 Å². The Kier molecular flexibility index (Phi) is 4.80. The fourth-order valence-electron chi connectivity index (χ4n) is 3.65. The van der Waals surface area contributed by atoms with E-state index in [1.54, 1.807) is 0 Å². The van der Waals surface area contributed by atoms with E-state index in [0.717, 1.165) is 23.4 Å². The molecule has 1 saturated heterocycles. The lowest BCUT2D eigenvalue weighted by atomic mass is 9.88. The molecule has 0 radical (unpaired) electrons. The molecule has 0 bridgehead atoms. The predicted octanol–water partition coefficient (Wildman–Crippen LogP) is 4.30. The molecule has 130 valence electrons. The van der Waals surface area contributed by atoms with Crippen molar-refractivity contribution in [2.45, 2.75) is 5.92 Å². The van der Waals surface area contributed by atoms with Gasteiger partial charge < -0.3 is 10.6 Å². The largest absolute Gasteiger partial charge is 0.326 e. The van der Waals surface area contributed by atoms with E-state index in [1.807, 2.05) is 54.6 Å². The van der Waals surface area contributed by atoms with Gasteiger partial charge in [-0.15, -0.1) is 0 Å². The van der Waals surface area contributed by atoms with E-state index in [-0.39, 0.29) is 17.7 Å². The van der Waals surface area contributed by atoms with Gasteiger partial charge >= 0.3 is 0 Å². The molecule has 0 saturated carbocycles. The van der Waals surface area contributed by atoms with Crippen LogP contribution in [-0.4, -0.2) is 19.0 Å². The van der Waals surface area contributed by atoms with Crippen molar-refractivity contribution in [3.8, 4) is 11.1 Å². The van der Waals surface area contributed by atoms with Gasteiger partial charge in [0.15, 0.2) is 0 Å². The van der Waals surface area contributed by atoms with Crippen LogP contribution in [0, 0.1) is 5.92 Å². The van der Waals surface area contributed by atoms with Crippen molar-refractivity contribution in [3.63, 3.8) is 0 Å². The Labute approximate surface area is 154 Å². The fraction of sp³-hybridized carbons (Fsp3) is 0.174. The molecule has 0 aliphatic carbocycles. The molecule has 1 aliphatic rings. The van der Waals surface area contributed by atoms with E-state index in [0.29, 0.717) is 6.54 Å². The van der Waals surface area contributed by atoms with Crippen molar-refractivity contribution in [2.75, 3.05) is 18.4 Å². The summed E-state index contributed by atoms with van der Waals surface area (Å²) < 4.78 is 0. The highest BCUT2D eigenvalue weighted by atomic mass is 16.1. The Morgan fingerprint density at radius 1 is 0.808 bits per heavy atom. The van der Waals surface area contributed by atoms with Crippen molar-refractivity contribution in [3.05, 3.63) is 90.5 Å². The van der Waals surface area contributed by atoms with E-state index in [9.17, 15) is 4.79 Å². The van der Waals surface area contributed by atoms with Gasteiger partial charge in [-0.25, -0.2) is 0 Å². The van der Waals surface area contributed by atoms with E-state index in [2.05, 4.69) is 41.0 Å². The summed E-state index contributed by atoms with van der Waals surface area (Å²) in [5, 5.41) is 6.48. The fourth-order valence-corrected chi connectivity index (χ4v) is 3.65. The number of hydrogen-bond donors (Lipinski definition) is 2. The Balaban J connectivity index is 1.51. The second-order valence-electron chi connectivity index (χ2n) is 6.72. The molecule has 4 rings (SSSR count). The van der Waals surface area contributed by atoms with Crippen LogP contribution in [0.1, 0.15) is 11.5 Å². The Bertz CT molecular complexity index is 877. The normalized spacial score (nSPS) is 19.2. The molecular formula is C23H22N2O. The number of hydrogen-bond acceptors (Lipinski definition) is 2. The highest BCUT2D eigenvalue weighted by molar-refractivity contribution is 5.94. The van der Waals surface area contributed by atoms with Gasteiger partial charge in [-0.1, -0.05) is 72.8 Å². The van der Waals surface area contributed by atoms with Crippen molar-refractivity contribution in [2.24, 2.45) is 5.92 Å². The molecule has 0 aromatic heterocycles. The lowest BCUT2D eigenvalue weighted by Crippen LogP contribution is -2.28.